The number of benzene rings is 2. The highest BCUT2D eigenvalue weighted by Crippen LogP contribution is 2.26. The number of carbonyl (C=O) groups is 2. The van der Waals surface area contributed by atoms with Gasteiger partial charge in [-0.3, -0.25) is 14.5 Å². The second-order valence-corrected chi connectivity index (χ2v) is 7.01. The minimum absolute atomic E-state index is 0.207. The SMILES string of the molecule is O=C1c2ccccc2C(=O)N1CCCCCc1nnc(-c2ccccc2Cl)o1. The molecule has 0 atom stereocenters. The van der Waals surface area contributed by atoms with Crippen LogP contribution in [-0.4, -0.2) is 33.5 Å². The van der Waals surface area contributed by atoms with E-state index >= 15 is 0 Å². The number of halogens is 1. The van der Waals surface area contributed by atoms with Crippen molar-refractivity contribution < 1.29 is 14.0 Å². The molecule has 28 heavy (non-hydrogen) atoms. The van der Waals surface area contributed by atoms with Crippen molar-refractivity contribution in [1.82, 2.24) is 15.1 Å². The first kappa shape index (κ1) is 18.4. The van der Waals surface area contributed by atoms with Crippen molar-refractivity contribution in [3.05, 3.63) is 70.6 Å². The van der Waals surface area contributed by atoms with E-state index in [2.05, 4.69) is 10.2 Å². The van der Waals surface area contributed by atoms with Crippen molar-refractivity contribution in [1.29, 1.82) is 0 Å². The summed E-state index contributed by atoms with van der Waals surface area (Å²) in [5.74, 6) is 0.547. The number of unbranched alkanes of at least 4 members (excludes halogenated alkanes) is 2. The number of hydrogen-bond acceptors (Lipinski definition) is 5. The van der Waals surface area contributed by atoms with Crippen LogP contribution >= 0.6 is 11.6 Å². The third-order valence-electron chi connectivity index (χ3n) is 4.72. The monoisotopic (exact) mass is 395 g/mol. The second-order valence-electron chi connectivity index (χ2n) is 6.60. The highest BCUT2D eigenvalue weighted by Gasteiger charge is 2.34. The normalized spacial score (nSPS) is 13.2. The summed E-state index contributed by atoms with van der Waals surface area (Å²) in [6.45, 7) is 0.418. The van der Waals surface area contributed by atoms with Crippen LogP contribution in [0.25, 0.3) is 11.5 Å². The first-order valence-electron chi connectivity index (χ1n) is 9.17. The Morgan fingerprint density at radius 3 is 2.14 bits per heavy atom. The van der Waals surface area contributed by atoms with Gasteiger partial charge in [-0.25, -0.2) is 0 Å². The molecule has 0 N–H and O–H groups in total. The van der Waals surface area contributed by atoms with Gasteiger partial charge in [0.05, 0.1) is 21.7 Å². The minimum atomic E-state index is -0.207. The van der Waals surface area contributed by atoms with Crippen molar-refractivity contribution in [3.63, 3.8) is 0 Å². The number of nitrogens with zero attached hydrogens (tertiary/aromatic N) is 3. The fourth-order valence-electron chi connectivity index (χ4n) is 3.26. The van der Waals surface area contributed by atoms with Crippen molar-refractivity contribution in [3.8, 4) is 11.5 Å². The summed E-state index contributed by atoms with van der Waals surface area (Å²) in [5.41, 5.74) is 1.70. The molecule has 0 saturated heterocycles. The number of aromatic nitrogens is 2. The van der Waals surface area contributed by atoms with E-state index in [0.29, 0.717) is 46.5 Å². The Kier molecular flexibility index (Phi) is 5.21. The van der Waals surface area contributed by atoms with Crippen LogP contribution in [0.3, 0.4) is 0 Å². The smallest absolute Gasteiger partial charge is 0.261 e. The van der Waals surface area contributed by atoms with Gasteiger partial charge in [0, 0.05) is 13.0 Å². The number of amides is 2. The van der Waals surface area contributed by atoms with Crippen molar-refractivity contribution in [2.45, 2.75) is 25.7 Å². The van der Waals surface area contributed by atoms with E-state index in [1.807, 2.05) is 18.2 Å². The van der Waals surface area contributed by atoms with E-state index in [9.17, 15) is 9.59 Å². The lowest BCUT2D eigenvalue weighted by molar-refractivity contribution is 0.0651. The largest absolute Gasteiger partial charge is 0.421 e. The van der Waals surface area contributed by atoms with Gasteiger partial charge >= 0.3 is 0 Å². The third kappa shape index (κ3) is 3.55. The van der Waals surface area contributed by atoms with Gasteiger partial charge in [0.25, 0.3) is 11.8 Å². The van der Waals surface area contributed by atoms with Gasteiger partial charge in [0.1, 0.15) is 0 Å². The maximum atomic E-state index is 12.3. The molecule has 4 rings (SSSR count). The average Bonchev–Trinajstić information content (AvgIpc) is 3.27. The van der Waals surface area contributed by atoms with Gasteiger partial charge in [0.15, 0.2) is 0 Å². The van der Waals surface area contributed by atoms with Crippen LogP contribution < -0.4 is 0 Å². The molecule has 0 saturated carbocycles. The molecule has 6 nitrogen and oxygen atoms in total. The Balaban J connectivity index is 1.26. The first-order valence-corrected chi connectivity index (χ1v) is 9.55. The van der Waals surface area contributed by atoms with Crippen LogP contribution in [0, 0.1) is 0 Å². The molecule has 2 aromatic carbocycles. The molecule has 0 aliphatic carbocycles. The van der Waals surface area contributed by atoms with Crippen LogP contribution in [0.1, 0.15) is 45.9 Å². The molecule has 0 bridgehead atoms. The van der Waals surface area contributed by atoms with Crippen molar-refractivity contribution >= 4 is 23.4 Å². The highest BCUT2D eigenvalue weighted by molar-refractivity contribution is 6.33. The lowest BCUT2D eigenvalue weighted by Gasteiger charge is -2.13. The molecule has 0 spiro atoms. The number of hydrogen-bond donors (Lipinski definition) is 0. The van der Waals surface area contributed by atoms with Crippen molar-refractivity contribution in [2.75, 3.05) is 6.54 Å². The Morgan fingerprint density at radius 1 is 0.821 bits per heavy atom. The molecule has 1 aromatic heterocycles. The third-order valence-corrected chi connectivity index (χ3v) is 5.05. The van der Waals surface area contributed by atoms with Crippen LogP contribution in [0.5, 0.6) is 0 Å². The fraction of sp³-hybridized carbons (Fsp3) is 0.238. The number of carbonyl (C=O) groups excluding carboxylic acids is 2. The number of imide groups is 1. The summed E-state index contributed by atoms with van der Waals surface area (Å²) in [7, 11) is 0. The lowest BCUT2D eigenvalue weighted by atomic mass is 10.1. The summed E-state index contributed by atoms with van der Waals surface area (Å²) in [5, 5.41) is 8.69. The highest BCUT2D eigenvalue weighted by atomic mass is 35.5. The molecule has 0 fully saturated rings. The van der Waals surface area contributed by atoms with Gasteiger partial charge in [-0.05, 0) is 37.1 Å². The van der Waals surface area contributed by atoms with Gasteiger partial charge < -0.3 is 4.42 Å². The zero-order chi connectivity index (χ0) is 19.5. The summed E-state index contributed by atoms with van der Waals surface area (Å²) >= 11 is 6.15. The van der Waals surface area contributed by atoms with E-state index in [-0.39, 0.29) is 11.8 Å². The van der Waals surface area contributed by atoms with Crippen LogP contribution in [0.15, 0.2) is 52.9 Å². The Hall–Kier alpha value is -2.99. The minimum Gasteiger partial charge on any atom is -0.421 e. The second kappa shape index (κ2) is 7.94. The predicted octanol–water partition coefficient (Wildman–Crippen LogP) is 4.40. The van der Waals surface area contributed by atoms with Crippen molar-refractivity contribution in [2.24, 2.45) is 0 Å². The molecule has 142 valence electrons. The van der Waals surface area contributed by atoms with E-state index in [1.54, 1.807) is 30.3 Å². The maximum absolute atomic E-state index is 12.3. The predicted molar refractivity (Wildman–Crippen MR) is 104 cm³/mol. The number of aryl methyl sites for hydroxylation is 1. The van der Waals surface area contributed by atoms with E-state index in [4.69, 9.17) is 16.0 Å². The molecule has 2 heterocycles. The molecule has 3 aromatic rings. The Morgan fingerprint density at radius 2 is 1.46 bits per heavy atom. The summed E-state index contributed by atoms with van der Waals surface area (Å²) < 4.78 is 5.68. The molecular formula is C21H18ClN3O3. The quantitative estimate of drug-likeness (QED) is 0.437. The number of rotatable bonds is 7. The molecule has 1 aliphatic heterocycles. The van der Waals surface area contributed by atoms with Gasteiger partial charge in [0.2, 0.25) is 11.8 Å². The summed E-state index contributed by atoms with van der Waals surface area (Å²) in [4.78, 5) is 26.0. The van der Waals surface area contributed by atoms with Crippen LogP contribution in [0.4, 0.5) is 0 Å². The topological polar surface area (TPSA) is 76.3 Å². The fourth-order valence-corrected chi connectivity index (χ4v) is 3.48. The molecular weight excluding hydrogens is 378 g/mol. The van der Waals surface area contributed by atoms with Crippen LogP contribution in [-0.2, 0) is 6.42 Å². The Bertz CT molecular complexity index is 996. The van der Waals surface area contributed by atoms with Crippen LogP contribution in [0.2, 0.25) is 5.02 Å². The molecule has 1 aliphatic rings. The zero-order valence-electron chi connectivity index (χ0n) is 15.1. The van der Waals surface area contributed by atoms with Gasteiger partial charge in [-0.15, -0.1) is 10.2 Å². The first-order chi connectivity index (χ1) is 13.6. The number of fused-ring (bicyclic) bond motifs is 1. The molecule has 0 radical (unpaired) electrons. The van der Waals surface area contributed by atoms with E-state index < -0.39 is 0 Å². The molecule has 2 amide bonds. The Labute approximate surface area is 167 Å². The van der Waals surface area contributed by atoms with E-state index in [0.717, 1.165) is 19.3 Å². The molecule has 0 unspecified atom stereocenters. The zero-order valence-corrected chi connectivity index (χ0v) is 15.9. The van der Waals surface area contributed by atoms with Gasteiger partial charge in [-0.1, -0.05) is 42.3 Å². The molecule has 7 heteroatoms. The lowest BCUT2D eigenvalue weighted by Crippen LogP contribution is -2.30. The van der Waals surface area contributed by atoms with E-state index in [1.165, 1.54) is 4.90 Å². The summed E-state index contributed by atoms with van der Waals surface area (Å²) in [6.07, 6.45) is 3.04. The average molecular weight is 396 g/mol. The standard InChI is InChI=1S/C21H18ClN3O3/c22-17-11-6-5-10-16(17)19-24-23-18(28-19)12-2-1-7-13-25-20(26)14-8-3-4-9-15(14)21(25)27/h3-6,8-11H,1-2,7,12-13H2. The maximum Gasteiger partial charge on any atom is 0.261 e. The summed E-state index contributed by atoms with van der Waals surface area (Å²) in [6, 6.07) is 14.3. The van der Waals surface area contributed by atoms with Gasteiger partial charge in [-0.2, -0.15) is 0 Å².